The zero-order valence-corrected chi connectivity index (χ0v) is 17.5. The monoisotopic (exact) mass is 405 g/mol. The molecule has 0 aliphatic heterocycles. The maximum absolute atomic E-state index is 7.97. The lowest BCUT2D eigenvalue weighted by Crippen LogP contribution is -2.05. The van der Waals surface area contributed by atoms with Crippen LogP contribution in [0.1, 0.15) is 38.7 Å². The van der Waals surface area contributed by atoms with Crippen molar-refractivity contribution < 1.29 is 15.0 Å². The van der Waals surface area contributed by atoms with Crippen LogP contribution in [0.15, 0.2) is 60.7 Å². The van der Waals surface area contributed by atoms with Crippen molar-refractivity contribution in [2.45, 2.75) is 46.7 Å². The molecule has 1 unspecified atom stereocenters. The molecule has 0 fully saturated rings. The first kappa shape index (κ1) is 15.5. The van der Waals surface area contributed by atoms with E-state index in [1.807, 2.05) is 51.1 Å². The van der Waals surface area contributed by atoms with Crippen molar-refractivity contribution in [3.05, 3.63) is 66.2 Å². The topological polar surface area (TPSA) is 49.2 Å². The van der Waals surface area contributed by atoms with Crippen molar-refractivity contribution in [2.75, 3.05) is 0 Å². The van der Waals surface area contributed by atoms with Gasteiger partial charge in [-0.15, -0.1) is 5.10 Å². The molecule has 0 spiro atoms. The molecule has 5 heteroatoms. The SMILES string of the molecule is [2H]C([2H])([2H])C([2H])(C)Oc1ccc(-n2nnc3cc(C)c(-c4ccc(OC(C)C)cc4)cc32)cc1. The van der Waals surface area contributed by atoms with Crippen molar-refractivity contribution in [3.8, 4) is 28.3 Å². The van der Waals surface area contributed by atoms with Crippen LogP contribution in [-0.4, -0.2) is 27.2 Å². The number of hydrogen-bond acceptors (Lipinski definition) is 4. The first-order chi connectivity index (χ1) is 15.9. The Hall–Kier alpha value is -3.34. The molecule has 0 aliphatic rings. The Balaban J connectivity index is 1.66. The Kier molecular flexibility index (Phi) is 4.23. The Labute approximate surface area is 182 Å². The predicted molar refractivity (Wildman–Crippen MR) is 121 cm³/mol. The van der Waals surface area contributed by atoms with Crippen LogP contribution in [0.4, 0.5) is 0 Å². The molecule has 0 radical (unpaired) electrons. The minimum absolute atomic E-state index is 0.115. The number of aromatic nitrogens is 3. The molecule has 0 aliphatic carbocycles. The summed E-state index contributed by atoms with van der Waals surface area (Å²) in [6.07, 6.45) is -1.93. The number of fused-ring (bicyclic) bond motifs is 1. The van der Waals surface area contributed by atoms with Crippen LogP contribution in [0, 0.1) is 6.92 Å². The number of benzene rings is 3. The van der Waals surface area contributed by atoms with Gasteiger partial charge in [0, 0.05) is 4.11 Å². The smallest absolute Gasteiger partial charge is 0.119 e. The van der Waals surface area contributed by atoms with E-state index >= 15 is 0 Å². The van der Waals surface area contributed by atoms with E-state index in [0.717, 1.165) is 39.2 Å². The average Bonchev–Trinajstić information content (AvgIpc) is 3.15. The lowest BCUT2D eigenvalue weighted by atomic mass is 9.99. The molecule has 1 aromatic heterocycles. The van der Waals surface area contributed by atoms with E-state index in [9.17, 15) is 0 Å². The molecule has 0 N–H and O–H groups in total. The van der Waals surface area contributed by atoms with Crippen molar-refractivity contribution in [1.82, 2.24) is 15.0 Å². The molecule has 0 saturated heterocycles. The summed E-state index contributed by atoms with van der Waals surface area (Å²) in [5, 5.41) is 8.62. The standard InChI is InChI=1S/C25H27N3O2/c1-16(2)29-21-10-6-19(7-11-21)23-15-25-24(14-18(23)5)26-27-28(25)20-8-12-22(13-9-20)30-17(3)4/h6-17H,1-5H3/i3D3,17D. The average molecular weight is 406 g/mol. The quantitative estimate of drug-likeness (QED) is 0.396. The molecule has 4 rings (SSSR count). The van der Waals surface area contributed by atoms with Crippen LogP contribution in [0.3, 0.4) is 0 Å². The number of nitrogens with zero attached hydrogens (tertiary/aromatic N) is 3. The maximum Gasteiger partial charge on any atom is 0.119 e. The highest BCUT2D eigenvalue weighted by molar-refractivity contribution is 5.85. The Morgan fingerprint density at radius 1 is 0.933 bits per heavy atom. The van der Waals surface area contributed by atoms with Crippen LogP contribution in [0.25, 0.3) is 27.8 Å². The van der Waals surface area contributed by atoms with Gasteiger partial charge in [0.2, 0.25) is 0 Å². The van der Waals surface area contributed by atoms with Gasteiger partial charge in [-0.2, -0.15) is 0 Å². The normalized spacial score (nSPS) is 15.8. The van der Waals surface area contributed by atoms with E-state index in [1.165, 1.54) is 6.92 Å². The van der Waals surface area contributed by atoms with Crippen LogP contribution >= 0.6 is 0 Å². The molecular weight excluding hydrogens is 374 g/mol. The summed E-state index contributed by atoms with van der Waals surface area (Å²) in [7, 11) is 0. The third kappa shape index (κ3) is 4.15. The van der Waals surface area contributed by atoms with E-state index < -0.39 is 12.9 Å². The largest absolute Gasteiger partial charge is 0.491 e. The van der Waals surface area contributed by atoms with Crippen LogP contribution in [0.5, 0.6) is 11.5 Å². The summed E-state index contributed by atoms with van der Waals surface area (Å²) in [6, 6.07) is 18.8. The van der Waals surface area contributed by atoms with Crippen molar-refractivity contribution in [2.24, 2.45) is 0 Å². The zero-order chi connectivity index (χ0) is 24.7. The van der Waals surface area contributed by atoms with Crippen LogP contribution in [0.2, 0.25) is 0 Å². The Bertz CT molecular complexity index is 1290. The van der Waals surface area contributed by atoms with E-state index in [1.54, 1.807) is 28.9 Å². The van der Waals surface area contributed by atoms with Gasteiger partial charge in [-0.05, 0) is 99.8 Å². The summed E-state index contributed by atoms with van der Waals surface area (Å²) in [4.78, 5) is 0. The summed E-state index contributed by atoms with van der Waals surface area (Å²) < 4.78 is 43.3. The van der Waals surface area contributed by atoms with Gasteiger partial charge in [-0.1, -0.05) is 17.3 Å². The molecule has 0 bridgehead atoms. The van der Waals surface area contributed by atoms with E-state index in [0.29, 0.717) is 5.75 Å². The van der Waals surface area contributed by atoms with E-state index in [2.05, 4.69) is 16.4 Å². The second kappa shape index (κ2) is 8.19. The van der Waals surface area contributed by atoms with Gasteiger partial charge in [0.15, 0.2) is 0 Å². The highest BCUT2D eigenvalue weighted by Crippen LogP contribution is 2.30. The summed E-state index contributed by atoms with van der Waals surface area (Å²) >= 11 is 0. The zero-order valence-electron chi connectivity index (χ0n) is 21.5. The first-order valence-corrected chi connectivity index (χ1v) is 9.87. The summed E-state index contributed by atoms with van der Waals surface area (Å²) in [6.45, 7) is 4.70. The highest BCUT2D eigenvalue weighted by Gasteiger charge is 2.12. The summed E-state index contributed by atoms with van der Waals surface area (Å²) in [5.41, 5.74) is 5.55. The maximum atomic E-state index is 7.97. The second-order valence-corrected chi connectivity index (χ2v) is 7.50. The lowest BCUT2D eigenvalue weighted by Gasteiger charge is -2.12. The van der Waals surface area contributed by atoms with Gasteiger partial charge < -0.3 is 9.47 Å². The fourth-order valence-electron chi connectivity index (χ4n) is 3.39. The molecule has 0 amide bonds. The molecule has 4 aromatic rings. The minimum Gasteiger partial charge on any atom is -0.491 e. The van der Waals surface area contributed by atoms with Crippen LogP contribution < -0.4 is 9.47 Å². The van der Waals surface area contributed by atoms with E-state index in [4.69, 9.17) is 15.0 Å². The number of rotatable bonds is 6. The van der Waals surface area contributed by atoms with Crippen molar-refractivity contribution in [3.63, 3.8) is 0 Å². The van der Waals surface area contributed by atoms with Gasteiger partial charge >= 0.3 is 0 Å². The van der Waals surface area contributed by atoms with Gasteiger partial charge in [-0.3, -0.25) is 0 Å². The van der Waals surface area contributed by atoms with Gasteiger partial charge in [-0.25, -0.2) is 4.68 Å². The Morgan fingerprint density at radius 3 is 2.27 bits per heavy atom. The molecular formula is C25H27N3O2. The highest BCUT2D eigenvalue weighted by atomic mass is 16.5. The number of hydrogen-bond donors (Lipinski definition) is 0. The molecule has 1 heterocycles. The molecule has 5 nitrogen and oxygen atoms in total. The molecule has 1 atom stereocenters. The molecule has 30 heavy (non-hydrogen) atoms. The van der Waals surface area contributed by atoms with Gasteiger partial charge in [0.25, 0.3) is 0 Å². The predicted octanol–water partition coefficient (Wildman–Crippen LogP) is 5.97. The number of ether oxygens (including phenoxy) is 2. The van der Waals surface area contributed by atoms with Crippen LogP contribution in [-0.2, 0) is 0 Å². The number of aryl methyl sites for hydroxylation is 1. The van der Waals surface area contributed by atoms with Crippen molar-refractivity contribution in [1.29, 1.82) is 0 Å². The molecule has 154 valence electrons. The van der Waals surface area contributed by atoms with E-state index in [-0.39, 0.29) is 6.10 Å². The third-order valence-electron chi connectivity index (χ3n) is 4.68. The summed E-state index contributed by atoms with van der Waals surface area (Å²) in [5.74, 6) is 1.12. The van der Waals surface area contributed by atoms with Crippen molar-refractivity contribution >= 4 is 11.0 Å². The second-order valence-electron chi connectivity index (χ2n) is 7.50. The fourth-order valence-corrected chi connectivity index (χ4v) is 3.39. The molecule has 3 aromatic carbocycles. The lowest BCUT2D eigenvalue weighted by molar-refractivity contribution is 0.242. The Morgan fingerprint density at radius 2 is 1.60 bits per heavy atom. The fraction of sp³-hybridized carbons (Fsp3) is 0.280. The third-order valence-corrected chi connectivity index (χ3v) is 4.68. The minimum atomic E-state index is -2.57. The molecule has 0 saturated carbocycles. The first-order valence-electron chi connectivity index (χ1n) is 11.9. The van der Waals surface area contributed by atoms with Gasteiger partial charge in [0.1, 0.15) is 17.0 Å². The van der Waals surface area contributed by atoms with Gasteiger partial charge in [0.05, 0.1) is 24.8 Å².